The Labute approximate surface area is 122 Å². The zero-order chi connectivity index (χ0) is 13.9. The van der Waals surface area contributed by atoms with Gasteiger partial charge < -0.3 is 5.73 Å². The van der Waals surface area contributed by atoms with Crippen LogP contribution in [-0.4, -0.2) is 0 Å². The van der Waals surface area contributed by atoms with E-state index < -0.39 is 11.7 Å². The van der Waals surface area contributed by atoms with E-state index in [0.29, 0.717) is 11.5 Å². The number of rotatable bonds is 4. The Morgan fingerprint density at radius 1 is 1.21 bits per heavy atom. The third-order valence-electron chi connectivity index (χ3n) is 2.78. The molecule has 1 aromatic rings. The zero-order valence-electron chi connectivity index (χ0n) is 10.8. The van der Waals surface area contributed by atoms with Gasteiger partial charge in [0.15, 0.2) is 0 Å². The molecule has 2 N–H and O–H groups in total. The first-order valence-corrected chi connectivity index (χ1v) is 6.22. The molecule has 0 heterocycles. The molecular formula is C13H18Cl2F3N. The lowest BCUT2D eigenvalue weighted by molar-refractivity contribution is -0.137. The molecule has 19 heavy (non-hydrogen) atoms. The Morgan fingerprint density at radius 3 is 2.21 bits per heavy atom. The molecule has 110 valence electrons. The van der Waals surface area contributed by atoms with Gasteiger partial charge in [-0.1, -0.05) is 31.5 Å². The van der Waals surface area contributed by atoms with Gasteiger partial charge >= 0.3 is 6.18 Å². The summed E-state index contributed by atoms with van der Waals surface area (Å²) in [5.74, 6) is 0.515. The number of benzene rings is 1. The first kappa shape index (κ1) is 18.6. The maximum absolute atomic E-state index is 12.5. The molecule has 0 radical (unpaired) electrons. The lowest BCUT2D eigenvalue weighted by Crippen LogP contribution is -2.12. The van der Waals surface area contributed by atoms with Crippen molar-refractivity contribution in [1.82, 2.24) is 0 Å². The van der Waals surface area contributed by atoms with Crippen molar-refractivity contribution in [1.29, 1.82) is 0 Å². The molecule has 0 fully saturated rings. The van der Waals surface area contributed by atoms with Crippen molar-refractivity contribution in [2.45, 2.75) is 38.9 Å². The average molecular weight is 316 g/mol. The van der Waals surface area contributed by atoms with Crippen LogP contribution in [0.5, 0.6) is 0 Å². The van der Waals surface area contributed by atoms with Crippen molar-refractivity contribution in [3.05, 3.63) is 34.3 Å². The van der Waals surface area contributed by atoms with Gasteiger partial charge in [-0.15, -0.1) is 12.4 Å². The smallest absolute Gasteiger partial charge is 0.324 e. The summed E-state index contributed by atoms with van der Waals surface area (Å²) in [6.45, 7) is 4.15. The molecule has 0 aliphatic carbocycles. The van der Waals surface area contributed by atoms with E-state index in [4.69, 9.17) is 17.3 Å². The summed E-state index contributed by atoms with van der Waals surface area (Å²) >= 11 is 5.65. The standard InChI is InChI=1S/C13H17ClF3N.ClH/c1-8(2)3-6-12(18)9-4-5-10(11(14)7-9)13(15,16)17;/h4-5,7-8,12H,3,6,18H2,1-2H3;1H/t12-;/m1./s1. The van der Waals surface area contributed by atoms with Crippen molar-refractivity contribution in [3.63, 3.8) is 0 Å². The minimum atomic E-state index is -4.42. The first-order chi connectivity index (χ1) is 8.21. The highest BCUT2D eigenvalue weighted by atomic mass is 35.5. The Bertz CT molecular complexity index is 405. The van der Waals surface area contributed by atoms with Crippen LogP contribution >= 0.6 is 24.0 Å². The fraction of sp³-hybridized carbons (Fsp3) is 0.538. The second-order valence-electron chi connectivity index (χ2n) is 4.81. The molecule has 1 rings (SSSR count). The molecule has 0 bridgehead atoms. The van der Waals surface area contributed by atoms with Crippen molar-refractivity contribution in [2.75, 3.05) is 0 Å². The number of hydrogen-bond acceptors (Lipinski definition) is 1. The average Bonchev–Trinajstić information content (AvgIpc) is 2.23. The van der Waals surface area contributed by atoms with Crippen molar-refractivity contribution >= 4 is 24.0 Å². The maximum atomic E-state index is 12.5. The molecule has 1 nitrogen and oxygen atoms in total. The molecule has 0 aliphatic heterocycles. The minimum Gasteiger partial charge on any atom is -0.324 e. The van der Waals surface area contributed by atoms with Crippen molar-refractivity contribution in [2.24, 2.45) is 11.7 Å². The predicted molar refractivity (Wildman–Crippen MR) is 74.7 cm³/mol. The van der Waals surface area contributed by atoms with Gasteiger partial charge in [0.25, 0.3) is 0 Å². The molecule has 0 saturated heterocycles. The van der Waals surface area contributed by atoms with Crippen LogP contribution in [-0.2, 0) is 6.18 Å². The third kappa shape index (κ3) is 5.59. The van der Waals surface area contributed by atoms with Gasteiger partial charge in [0.2, 0.25) is 0 Å². The molecule has 1 atom stereocenters. The normalized spacial score (nSPS) is 13.3. The second-order valence-corrected chi connectivity index (χ2v) is 5.22. The highest BCUT2D eigenvalue weighted by molar-refractivity contribution is 6.31. The van der Waals surface area contributed by atoms with Crippen LogP contribution in [0.15, 0.2) is 18.2 Å². The van der Waals surface area contributed by atoms with Gasteiger partial charge in [0, 0.05) is 6.04 Å². The Hall–Kier alpha value is -0.450. The largest absolute Gasteiger partial charge is 0.417 e. The predicted octanol–water partition coefficient (Wildman–Crippen LogP) is 5.22. The molecular weight excluding hydrogens is 298 g/mol. The second kappa shape index (κ2) is 7.36. The minimum absolute atomic E-state index is 0. The van der Waals surface area contributed by atoms with Gasteiger partial charge in [-0.25, -0.2) is 0 Å². The molecule has 0 spiro atoms. The summed E-state index contributed by atoms with van der Waals surface area (Å²) in [6, 6.07) is 3.44. The highest BCUT2D eigenvalue weighted by Crippen LogP contribution is 2.36. The Kier molecular flexibility index (Phi) is 7.19. The van der Waals surface area contributed by atoms with E-state index in [1.807, 2.05) is 0 Å². The molecule has 0 aromatic heterocycles. The summed E-state index contributed by atoms with van der Waals surface area (Å²) in [5.41, 5.74) is 5.76. The number of alkyl halides is 3. The fourth-order valence-corrected chi connectivity index (χ4v) is 1.97. The van der Waals surface area contributed by atoms with E-state index in [9.17, 15) is 13.2 Å². The number of nitrogens with two attached hydrogens (primary N) is 1. The van der Waals surface area contributed by atoms with E-state index in [-0.39, 0.29) is 23.5 Å². The van der Waals surface area contributed by atoms with Crippen molar-refractivity contribution in [3.8, 4) is 0 Å². The van der Waals surface area contributed by atoms with Gasteiger partial charge in [0.05, 0.1) is 10.6 Å². The van der Waals surface area contributed by atoms with E-state index >= 15 is 0 Å². The lowest BCUT2D eigenvalue weighted by atomic mass is 9.97. The quantitative estimate of drug-likeness (QED) is 0.810. The van der Waals surface area contributed by atoms with Crippen LogP contribution in [0.1, 0.15) is 43.9 Å². The summed E-state index contributed by atoms with van der Waals surface area (Å²) in [6.07, 6.45) is -2.75. The van der Waals surface area contributed by atoms with Gasteiger partial charge in [-0.3, -0.25) is 0 Å². The maximum Gasteiger partial charge on any atom is 0.417 e. The van der Waals surface area contributed by atoms with Crippen LogP contribution in [0, 0.1) is 5.92 Å². The van der Waals surface area contributed by atoms with Crippen LogP contribution in [0.25, 0.3) is 0 Å². The summed E-state index contributed by atoms with van der Waals surface area (Å²) < 4.78 is 37.6. The molecule has 0 saturated carbocycles. The zero-order valence-corrected chi connectivity index (χ0v) is 12.4. The molecule has 1 aromatic carbocycles. The lowest BCUT2D eigenvalue weighted by Gasteiger charge is -2.16. The van der Waals surface area contributed by atoms with Crippen LogP contribution in [0.2, 0.25) is 5.02 Å². The summed E-state index contributed by atoms with van der Waals surface area (Å²) in [7, 11) is 0. The topological polar surface area (TPSA) is 26.0 Å². The summed E-state index contributed by atoms with van der Waals surface area (Å²) in [4.78, 5) is 0. The number of hydrogen-bond donors (Lipinski definition) is 1. The number of halogens is 5. The SMILES string of the molecule is CC(C)CC[C@@H](N)c1ccc(C(F)(F)F)c(Cl)c1.Cl. The van der Waals surface area contributed by atoms with E-state index in [0.717, 1.165) is 18.9 Å². The fourth-order valence-electron chi connectivity index (χ4n) is 1.67. The van der Waals surface area contributed by atoms with Crippen LogP contribution in [0.4, 0.5) is 13.2 Å². The Balaban J connectivity index is 0.00000324. The molecule has 0 unspecified atom stereocenters. The van der Waals surface area contributed by atoms with E-state index in [1.165, 1.54) is 12.1 Å². The van der Waals surface area contributed by atoms with E-state index in [1.54, 1.807) is 0 Å². The van der Waals surface area contributed by atoms with E-state index in [2.05, 4.69) is 13.8 Å². The third-order valence-corrected chi connectivity index (χ3v) is 3.09. The first-order valence-electron chi connectivity index (χ1n) is 5.84. The molecule has 0 amide bonds. The summed E-state index contributed by atoms with van der Waals surface area (Å²) in [5, 5.41) is -0.292. The highest BCUT2D eigenvalue weighted by Gasteiger charge is 2.33. The van der Waals surface area contributed by atoms with Gasteiger partial charge in [-0.05, 0) is 36.5 Å². The molecule has 6 heteroatoms. The van der Waals surface area contributed by atoms with Crippen LogP contribution in [0.3, 0.4) is 0 Å². The van der Waals surface area contributed by atoms with Gasteiger partial charge in [-0.2, -0.15) is 13.2 Å². The monoisotopic (exact) mass is 315 g/mol. The molecule has 0 aliphatic rings. The van der Waals surface area contributed by atoms with Crippen molar-refractivity contribution < 1.29 is 13.2 Å². The van der Waals surface area contributed by atoms with Gasteiger partial charge in [0.1, 0.15) is 0 Å². The van der Waals surface area contributed by atoms with Crippen LogP contribution < -0.4 is 5.73 Å². The Morgan fingerprint density at radius 2 is 1.79 bits per heavy atom.